The molecule has 0 saturated carbocycles. The van der Waals surface area contributed by atoms with E-state index in [-0.39, 0.29) is 0 Å². The highest BCUT2D eigenvalue weighted by molar-refractivity contribution is 6.30. The fourth-order valence-electron chi connectivity index (χ4n) is 1.06. The maximum absolute atomic E-state index is 8.76. The molecule has 0 amide bonds. The van der Waals surface area contributed by atoms with Crippen LogP contribution in [0.2, 0.25) is 5.02 Å². The van der Waals surface area contributed by atoms with Crippen molar-refractivity contribution in [1.82, 2.24) is 0 Å². The van der Waals surface area contributed by atoms with Crippen molar-refractivity contribution < 1.29 is 5.11 Å². The number of nitrogens with zero attached hydrogens (tertiary/aromatic N) is 1. The van der Waals surface area contributed by atoms with Crippen molar-refractivity contribution in [3.8, 4) is 5.75 Å². The van der Waals surface area contributed by atoms with Crippen LogP contribution in [0, 0.1) is 13.5 Å². The van der Waals surface area contributed by atoms with Crippen molar-refractivity contribution in [2.45, 2.75) is 6.92 Å². The number of benzene rings is 2. The first-order valence-corrected chi connectivity index (χ1v) is 5.38. The van der Waals surface area contributed by atoms with Crippen molar-refractivity contribution in [2.75, 3.05) is 0 Å². The Kier molecular flexibility index (Phi) is 5.06. The lowest BCUT2D eigenvalue weighted by molar-refractivity contribution is 0.475. The van der Waals surface area contributed by atoms with Crippen molar-refractivity contribution in [3.63, 3.8) is 0 Å². The molecule has 0 fully saturated rings. The van der Waals surface area contributed by atoms with Gasteiger partial charge in [0.1, 0.15) is 5.75 Å². The van der Waals surface area contributed by atoms with Gasteiger partial charge in [0.15, 0.2) is 5.69 Å². The van der Waals surface area contributed by atoms with E-state index in [9.17, 15) is 0 Å². The van der Waals surface area contributed by atoms with E-state index in [0.717, 1.165) is 0 Å². The summed E-state index contributed by atoms with van der Waals surface area (Å²) in [7, 11) is 0. The van der Waals surface area contributed by atoms with Gasteiger partial charge in [-0.2, -0.15) is 0 Å². The summed E-state index contributed by atoms with van der Waals surface area (Å²) in [6, 6.07) is 13.9. The van der Waals surface area contributed by atoms with Gasteiger partial charge in [0.05, 0.1) is 6.57 Å². The van der Waals surface area contributed by atoms with Gasteiger partial charge in [-0.25, -0.2) is 4.85 Å². The molecule has 17 heavy (non-hydrogen) atoms. The fraction of sp³-hybridized carbons (Fsp3) is 0.0714. The second kappa shape index (κ2) is 6.57. The number of aromatic hydroxyl groups is 1. The summed E-state index contributed by atoms with van der Waals surface area (Å²) in [5.41, 5.74) is 1.79. The summed E-state index contributed by atoms with van der Waals surface area (Å²) in [4.78, 5) is 3.20. The second-order valence-corrected chi connectivity index (χ2v) is 3.86. The van der Waals surface area contributed by atoms with E-state index in [0.29, 0.717) is 16.5 Å². The molecule has 0 spiro atoms. The first-order valence-electron chi connectivity index (χ1n) is 5.00. The van der Waals surface area contributed by atoms with Crippen LogP contribution in [0.25, 0.3) is 4.85 Å². The Bertz CT molecular complexity index is 476. The van der Waals surface area contributed by atoms with Gasteiger partial charge in [0, 0.05) is 5.02 Å². The molecule has 0 saturated heterocycles. The highest BCUT2D eigenvalue weighted by Crippen LogP contribution is 2.15. The average molecular weight is 246 g/mol. The van der Waals surface area contributed by atoms with Gasteiger partial charge >= 0.3 is 0 Å². The summed E-state index contributed by atoms with van der Waals surface area (Å²) < 4.78 is 0. The molecule has 0 radical (unpaired) electrons. The maximum atomic E-state index is 8.76. The van der Waals surface area contributed by atoms with Crippen LogP contribution in [0.5, 0.6) is 5.75 Å². The minimum atomic E-state index is 0.329. The number of phenols is 1. The van der Waals surface area contributed by atoms with Gasteiger partial charge < -0.3 is 5.11 Å². The SMILES string of the molecule is Cc1ccc(O)cc1.[C-]#[N+]c1ccc(Cl)cc1. The van der Waals surface area contributed by atoms with Crippen LogP contribution in [0.3, 0.4) is 0 Å². The third-order valence-corrected chi connectivity index (χ3v) is 2.24. The average Bonchev–Trinajstić information content (AvgIpc) is 2.35. The van der Waals surface area contributed by atoms with Crippen molar-refractivity contribution >= 4 is 17.3 Å². The van der Waals surface area contributed by atoms with Crippen LogP contribution in [-0.4, -0.2) is 5.11 Å². The molecule has 2 aromatic rings. The fourth-order valence-corrected chi connectivity index (χ4v) is 1.19. The summed E-state index contributed by atoms with van der Waals surface area (Å²) in [6.07, 6.45) is 0. The number of rotatable bonds is 0. The normalized spacial score (nSPS) is 8.76. The molecule has 0 aliphatic heterocycles. The summed E-state index contributed by atoms with van der Waals surface area (Å²) in [5.74, 6) is 0.329. The molecular formula is C14H12ClNO. The van der Waals surface area contributed by atoms with Gasteiger partial charge in [-0.05, 0) is 19.1 Å². The minimum absolute atomic E-state index is 0.329. The standard InChI is InChI=1S/C7H4ClN.C7H8O/c1-9-7-4-2-6(8)3-5-7;1-6-2-4-7(8)5-3-6/h2-5H;2-5,8H,1H3. The molecule has 0 unspecified atom stereocenters. The molecule has 2 nitrogen and oxygen atoms in total. The lowest BCUT2D eigenvalue weighted by atomic mass is 10.2. The minimum Gasteiger partial charge on any atom is -0.508 e. The maximum Gasteiger partial charge on any atom is 0.187 e. The quantitative estimate of drug-likeness (QED) is 0.675. The Hall–Kier alpha value is -1.98. The Morgan fingerprint density at radius 3 is 1.94 bits per heavy atom. The molecule has 0 heterocycles. The Balaban J connectivity index is 0.000000171. The van der Waals surface area contributed by atoms with Crippen molar-refractivity contribution in [3.05, 3.63) is 70.5 Å². The first-order chi connectivity index (χ1) is 8.11. The van der Waals surface area contributed by atoms with E-state index in [4.69, 9.17) is 23.3 Å². The molecule has 0 atom stereocenters. The molecule has 0 bridgehead atoms. The van der Waals surface area contributed by atoms with E-state index < -0.39 is 0 Å². The predicted octanol–water partition coefficient (Wildman–Crippen LogP) is 4.59. The summed E-state index contributed by atoms with van der Waals surface area (Å²) in [5, 5.41) is 9.43. The molecule has 2 aromatic carbocycles. The Morgan fingerprint density at radius 2 is 1.53 bits per heavy atom. The third-order valence-electron chi connectivity index (χ3n) is 1.99. The van der Waals surface area contributed by atoms with E-state index in [1.54, 1.807) is 36.4 Å². The van der Waals surface area contributed by atoms with Crippen molar-refractivity contribution in [1.29, 1.82) is 0 Å². The summed E-state index contributed by atoms with van der Waals surface area (Å²) in [6.45, 7) is 8.58. The zero-order chi connectivity index (χ0) is 12.7. The van der Waals surface area contributed by atoms with Gasteiger partial charge in [-0.15, -0.1) is 0 Å². The van der Waals surface area contributed by atoms with E-state index in [2.05, 4.69) is 4.85 Å². The zero-order valence-electron chi connectivity index (χ0n) is 9.39. The molecule has 0 aliphatic rings. The Labute approximate surface area is 106 Å². The van der Waals surface area contributed by atoms with E-state index in [1.165, 1.54) is 5.56 Å². The zero-order valence-corrected chi connectivity index (χ0v) is 10.1. The molecule has 0 aromatic heterocycles. The highest BCUT2D eigenvalue weighted by Gasteiger charge is 1.86. The number of phenolic OH excluding ortho intramolecular Hbond substituents is 1. The van der Waals surface area contributed by atoms with Crippen LogP contribution < -0.4 is 0 Å². The molecule has 86 valence electrons. The Morgan fingerprint density at radius 1 is 1.00 bits per heavy atom. The van der Waals surface area contributed by atoms with Crippen LogP contribution in [0.15, 0.2) is 48.5 Å². The van der Waals surface area contributed by atoms with Gasteiger partial charge in [0.25, 0.3) is 0 Å². The monoisotopic (exact) mass is 245 g/mol. The molecule has 1 N–H and O–H groups in total. The van der Waals surface area contributed by atoms with Crippen molar-refractivity contribution in [2.24, 2.45) is 0 Å². The van der Waals surface area contributed by atoms with Crippen LogP contribution in [0.1, 0.15) is 5.56 Å². The molecular weight excluding hydrogens is 234 g/mol. The summed E-state index contributed by atoms with van der Waals surface area (Å²) >= 11 is 5.57. The van der Waals surface area contributed by atoms with Crippen LogP contribution in [0.4, 0.5) is 5.69 Å². The third kappa shape index (κ3) is 5.05. The number of halogens is 1. The van der Waals surface area contributed by atoms with Gasteiger partial charge in [-0.3, -0.25) is 0 Å². The number of aryl methyl sites for hydroxylation is 1. The van der Waals surface area contributed by atoms with Gasteiger partial charge in [0.2, 0.25) is 0 Å². The second-order valence-electron chi connectivity index (χ2n) is 3.42. The molecule has 0 aliphatic carbocycles. The predicted molar refractivity (Wildman–Crippen MR) is 70.6 cm³/mol. The number of hydrogen-bond donors (Lipinski definition) is 1. The highest BCUT2D eigenvalue weighted by atomic mass is 35.5. The largest absolute Gasteiger partial charge is 0.508 e. The first kappa shape index (κ1) is 13.1. The van der Waals surface area contributed by atoms with E-state index >= 15 is 0 Å². The smallest absolute Gasteiger partial charge is 0.187 e. The topological polar surface area (TPSA) is 24.6 Å². The lowest BCUT2D eigenvalue weighted by Gasteiger charge is -1.89. The molecule has 3 heteroatoms. The number of hydrogen-bond acceptors (Lipinski definition) is 1. The van der Waals surface area contributed by atoms with Crippen LogP contribution >= 0.6 is 11.6 Å². The van der Waals surface area contributed by atoms with Gasteiger partial charge in [-0.1, -0.05) is 53.6 Å². The lowest BCUT2D eigenvalue weighted by Crippen LogP contribution is -1.66. The molecule has 2 rings (SSSR count). The van der Waals surface area contributed by atoms with E-state index in [1.807, 2.05) is 19.1 Å². The van der Waals surface area contributed by atoms with Crippen LogP contribution in [-0.2, 0) is 0 Å².